The standard InChI is InChI=1S/C16H16F3NO/c1-10-14(17)4-3-5-15(10)20-11(2)12-6-8-13(9-7-12)21-16(18)19/h3-9,11,16,20H,1-2H3. The Balaban J connectivity index is 2.09. The number of hydrogen-bond acceptors (Lipinski definition) is 2. The van der Waals surface area contributed by atoms with Crippen molar-refractivity contribution in [2.24, 2.45) is 0 Å². The van der Waals surface area contributed by atoms with E-state index in [1.165, 1.54) is 18.2 Å². The summed E-state index contributed by atoms with van der Waals surface area (Å²) in [7, 11) is 0. The van der Waals surface area contributed by atoms with Gasteiger partial charge in [0.1, 0.15) is 11.6 Å². The summed E-state index contributed by atoms with van der Waals surface area (Å²) >= 11 is 0. The molecule has 0 spiro atoms. The van der Waals surface area contributed by atoms with Crippen LogP contribution in [0.4, 0.5) is 18.9 Å². The van der Waals surface area contributed by atoms with Gasteiger partial charge in [0.25, 0.3) is 0 Å². The molecule has 2 aromatic carbocycles. The molecule has 112 valence electrons. The van der Waals surface area contributed by atoms with Gasteiger partial charge in [0.2, 0.25) is 0 Å². The van der Waals surface area contributed by atoms with Crippen LogP contribution in [0.5, 0.6) is 5.75 Å². The first kappa shape index (κ1) is 15.2. The van der Waals surface area contributed by atoms with E-state index in [4.69, 9.17) is 0 Å². The SMILES string of the molecule is Cc1c(F)cccc1NC(C)c1ccc(OC(F)F)cc1. The van der Waals surface area contributed by atoms with Gasteiger partial charge >= 0.3 is 6.61 Å². The zero-order chi connectivity index (χ0) is 15.4. The Hall–Kier alpha value is -2.17. The fourth-order valence-corrected chi connectivity index (χ4v) is 2.02. The fourth-order valence-electron chi connectivity index (χ4n) is 2.02. The molecule has 0 bridgehead atoms. The maximum atomic E-state index is 13.5. The molecular weight excluding hydrogens is 279 g/mol. The Morgan fingerprint density at radius 1 is 1.05 bits per heavy atom. The lowest BCUT2D eigenvalue weighted by Gasteiger charge is -2.18. The number of nitrogens with one attached hydrogen (secondary N) is 1. The van der Waals surface area contributed by atoms with Crippen molar-refractivity contribution in [3.63, 3.8) is 0 Å². The van der Waals surface area contributed by atoms with Gasteiger partial charge in [0, 0.05) is 17.3 Å². The molecule has 21 heavy (non-hydrogen) atoms. The number of alkyl halides is 2. The molecule has 0 heterocycles. The van der Waals surface area contributed by atoms with Gasteiger partial charge in [-0.25, -0.2) is 4.39 Å². The minimum absolute atomic E-state index is 0.0916. The van der Waals surface area contributed by atoms with Gasteiger partial charge in [0.05, 0.1) is 0 Å². The molecule has 1 N–H and O–H groups in total. The van der Waals surface area contributed by atoms with Crippen molar-refractivity contribution in [2.75, 3.05) is 5.32 Å². The Labute approximate surface area is 121 Å². The lowest BCUT2D eigenvalue weighted by atomic mass is 10.1. The zero-order valence-electron chi connectivity index (χ0n) is 11.7. The van der Waals surface area contributed by atoms with E-state index in [1.54, 1.807) is 31.2 Å². The van der Waals surface area contributed by atoms with Crippen molar-refractivity contribution in [1.29, 1.82) is 0 Å². The van der Waals surface area contributed by atoms with E-state index in [9.17, 15) is 13.2 Å². The molecule has 0 fully saturated rings. The average Bonchev–Trinajstić information content (AvgIpc) is 2.44. The Morgan fingerprint density at radius 2 is 1.71 bits per heavy atom. The number of ether oxygens (including phenoxy) is 1. The molecule has 2 nitrogen and oxygen atoms in total. The van der Waals surface area contributed by atoms with Crippen LogP contribution in [0.3, 0.4) is 0 Å². The van der Waals surface area contributed by atoms with Crippen molar-refractivity contribution in [1.82, 2.24) is 0 Å². The largest absolute Gasteiger partial charge is 0.435 e. The zero-order valence-corrected chi connectivity index (χ0v) is 11.7. The highest BCUT2D eigenvalue weighted by Gasteiger charge is 2.10. The monoisotopic (exact) mass is 295 g/mol. The summed E-state index contributed by atoms with van der Waals surface area (Å²) in [6.07, 6.45) is 0. The summed E-state index contributed by atoms with van der Waals surface area (Å²) in [6.45, 7) is 0.776. The van der Waals surface area contributed by atoms with E-state index in [0.29, 0.717) is 11.3 Å². The maximum Gasteiger partial charge on any atom is 0.387 e. The molecule has 0 aliphatic rings. The van der Waals surface area contributed by atoms with Crippen LogP contribution >= 0.6 is 0 Å². The predicted octanol–water partition coefficient (Wildman–Crippen LogP) is 4.91. The number of halogens is 3. The van der Waals surface area contributed by atoms with Crippen molar-refractivity contribution < 1.29 is 17.9 Å². The third-order valence-corrected chi connectivity index (χ3v) is 3.24. The van der Waals surface area contributed by atoms with E-state index in [0.717, 1.165) is 5.56 Å². The number of anilines is 1. The Morgan fingerprint density at radius 3 is 2.33 bits per heavy atom. The summed E-state index contributed by atoms with van der Waals surface area (Å²) < 4.78 is 41.9. The van der Waals surface area contributed by atoms with Crippen LogP contribution in [0.25, 0.3) is 0 Å². The number of hydrogen-bond donors (Lipinski definition) is 1. The van der Waals surface area contributed by atoms with Crippen LogP contribution in [-0.4, -0.2) is 6.61 Å². The molecule has 0 amide bonds. The average molecular weight is 295 g/mol. The van der Waals surface area contributed by atoms with Gasteiger partial charge in [0.15, 0.2) is 0 Å². The summed E-state index contributed by atoms with van der Waals surface area (Å²) in [5.74, 6) is -0.157. The second-order valence-corrected chi connectivity index (χ2v) is 4.73. The van der Waals surface area contributed by atoms with E-state index in [2.05, 4.69) is 10.1 Å². The highest BCUT2D eigenvalue weighted by atomic mass is 19.3. The van der Waals surface area contributed by atoms with E-state index in [1.807, 2.05) is 6.92 Å². The van der Waals surface area contributed by atoms with Crippen LogP contribution in [0.15, 0.2) is 42.5 Å². The molecule has 0 aromatic heterocycles. The first-order valence-corrected chi connectivity index (χ1v) is 6.54. The quantitative estimate of drug-likeness (QED) is 0.846. The van der Waals surface area contributed by atoms with Gasteiger partial charge in [-0.3, -0.25) is 0 Å². The molecule has 5 heteroatoms. The minimum atomic E-state index is -2.83. The van der Waals surface area contributed by atoms with Gasteiger partial charge < -0.3 is 10.1 Å². The molecule has 1 unspecified atom stereocenters. The lowest BCUT2D eigenvalue weighted by molar-refractivity contribution is -0.0498. The fraction of sp³-hybridized carbons (Fsp3) is 0.250. The highest BCUT2D eigenvalue weighted by molar-refractivity contribution is 5.52. The van der Waals surface area contributed by atoms with E-state index >= 15 is 0 Å². The Bertz CT molecular complexity index is 599. The first-order valence-electron chi connectivity index (χ1n) is 6.54. The van der Waals surface area contributed by atoms with Gasteiger partial charge in [-0.1, -0.05) is 18.2 Å². The molecule has 0 aliphatic heterocycles. The van der Waals surface area contributed by atoms with Gasteiger partial charge in [-0.15, -0.1) is 0 Å². The van der Waals surface area contributed by atoms with Crippen LogP contribution in [-0.2, 0) is 0 Å². The normalized spacial score (nSPS) is 12.3. The summed E-state index contributed by atoms with van der Waals surface area (Å²) in [4.78, 5) is 0. The highest BCUT2D eigenvalue weighted by Crippen LogP contribution is 2.25. The van der Waals surface area contributed by atoms with Crippen molar-refractivity contribution >= 4 is 5.69 Å². The summed E-state index contributed by atoms with van der Waals surface area (Å²) in [6, 6.07) is 11.1. The second kappa shape index (κ2) is 6.52. The molecule has 0 saturated carbocycles. The molecular formula is C16H16F3NO. The van der Waals surface area contributed by atoms with Crippen LogP contribution in [0.2, 0.25) is 0 Å². The van der Waals surface area contributed by atoms with Gasteiger partial charge in [-0.2, -0.15) is 8.78 Å². The van der Waals surface area contributed by atoms with Crippen LogP contribution < -0.4 is 10.1 Å². The third kappa shape index (κ3) is 3.90. The minimum Gasteiger partial charge on any atom is -0.435 e. The van der Waals surface area contributed by atoms with Crippen molar-refractivity contribution in [3.05, 3.63) is 59.4 Å². The van der Waals surface area contributed by atoms with Crippen LogP contribution in [0, 0.1) is 12.7 Å². The summed E-state index contributed by atoms with van der Waals surface area (Å²) in [5.41, 5.74) is 2.14. The van der Waals surface area contributed by atoms with E-state index in [-0.39, 0.29) is 17.6 Å². The topological polar surface area (TPSA) is 21.3 Å². The molecule has 0 saturated heterocycles. The number of rotatable bonds is 5. The predicted molar refractivity (Wildman–Crippen MR) is 76.2 cm³/mol. The molecule has 0 radical (unpaired) electrons. The van der Waals surface area contributed by atoms with Crippen LogP contribution in [0.1, 0.15) is 24.1 Å². The van der Waals surface area contributed by atoms with Crippen molar-refractivity contribution in [2.45, 2.75) is 26.5 Å². The van der Waals surface area contributed by atoms with E-state index < -0.39 is 6.61 Å². The maximum absolute atomic E-state index is 13.5. The van der Waals surface area contributed by atoms with Gasteiger partial charge in [-0.05, 0) is 43.7 Å². The molecule has 0 aliphatic carbocycles. The first-order chi connectivity index (χ1) is 9.97. The summed E-state index contributed by atoms with van der Waals surface area (Å²) in [5, 5.41) is 3.20. The molecule has 1 atom stereocenters. The lowest BCUT2D eigenvalue weighted by Crippen LogP contribution is -2.08. The third-order valence-electron chi connectivity index (χ3n) is 3.24. The molecule has 2 aromatic rings. The smallest absolute Gasteiger partial charge is 0.387 e. The Kier molecular flexibility index (Phi) is 4.73. The number of benzene rings is 2. The molecule has 2 rings (SSSR count). The van der Waals surface area contributed by atoms with Crippen molar-refractivity contribution in [3.8, 4) is 5.75 Å². The second-order valence-electron chi connectivity index (χ2n) is 4.73.